The van der Waals surface area contributed by atoms with Gasteiger partial charge in [0, 0.05) is 11.1 Å². The second-order valence-electron chi connectivity index (χ2n) is 4.19. The van der Waals surface area contributed by atoms with Gasteiger partial charge in [-0.2, -0.15) is 9.89 Å². The first-order chi connectivity index (χ1) is 9.17. The molecule has 0 fully saturated rings. The van der Waals surface area contributed by atoms with Crippen molar-refractivity contribution in [2.75, 3.05) is 5.12 Å². The number of hydrogen-bond acceptors (Lipinski definition) is 4. The summed E-state index contributed by atoms with van der Waals surface area (Å²) in [7, 11) is 0. The number of nitrogens with one attached hydrogen (secondary N) is 1. The van der Waals surface area contributed by atoms with Gasteiger partial charge >= 0.3 is 0 Å². The Kier molecular flexibility index (Phi) is 2.79. The van der Waals surface area contributed by atoms with Crippen LogP contribution in [-0.2, 0) is 6.42 Å². The number of hydrazine groups is 2. The molecule has 0 bridgehead atoms. The summed E-state index contributed by atoms with van der Waals surface area (Å²) in [6.07, 6.45) is 6.30. The summed E-state index contributed by atoms with van der Waals surface area (Å²) in [6, 6.07) is 5.15. The Labute approximate surface area is 114 Å². The van der Waals surface area contributed by atoms with E-state index in [-0.39, 0.29) is 0 Å². The molecule has 98 valence electrons. The number of fused-ring (bicyclic) bond motifs is 1. The maximum Gasteiger partial charge on any atom is 0.254 e. The Morgan fingerprint density at radius 3 is 3.05 bits per heavy atom. The zero-order valence-corrected chi connectivity index (χ0v) is 11.0. The maximum atomic E-state index is 11.9. The summed E-state index contributed by atoms with van der Waals surface area (Å²) in [5.74, 6) is 0. The Balaban J connectivity index is 2.07. The average Bonchev–Trinajstić information content (AvgIpc) is 2.88. The predicted octanol–water partition coefficient (Wildman–Crippen LogP) is -0.103. The molecular formula is C12H12ClN5O. The van der Waals surface area contributed by atoms with Gasteiger partial charge in [-0.1, -0.05) is 28.9 Å². The van der Waals surface area contributed by atoms with E-state index < -0.39 is 0 Å². The van der Waals surface area contributed by atoms with Crippen molar-refractivity contribution in [3.63, 3.8) is 0 Å². The van der Waals surface area contributed by atoms with E-state index in [4.69, 9.17) is 11.6 Å². The number of nitrogens with zero attached hydrogens (tertiary/aromatic N) is 4. The van der Waals surface area contributed by atoms with E-state index in [2.05, 4.69) is 10.6 Å². The molecule has 1 aromatic carbocycles. The minimum Gasteiger partial charge on any atom is -0.594 e. The standard InChI is InChI=1S/C12H12ClN5O/c1-2-9-6-14-16(7-9)17-8-10-3-4-11(13)5-12(10)18(19)15-17/h3-8,15H,2H2,1H3. The van der Waals surface area contributed by atoms with E-state index in [0.29, 0.717) is 15.2 Å². The van der Waals surface area contributed by atoms with Crippen LogP contribution in [0, 0.1) is 5.21 Å². The van der Waals surface area contributed by atoms with Crippen molar-refractivity contribution in [1.82, 2.24) is 20.3 Å². The lowest BCUT2D eigenvalue weighted by molar-refractivity contribution is 0.432. The van der Waals surface area contributed by atoms with Crippen LogP contribution in [0.1, 0.15) is 12.5 Å². The largest absolute Gasteiger partial charge is 0.594 e. The van der Waals surface area contributed by atoms with Gasteiger partial charge in [-0.05, 0) is 24.1 Å². The molecule has 0 unspecified atom stereocenters. The molecule has 1 N–H and O–H groups in total. The molecule has 0 atom stereocenters. The molecule has 0 saturated heterocycles. The molecule has 3 rings (SSSR count). The van der Waals surface area contributed by atoms with Crippen LogP contribution < -0.4 is 26.1 Å². The molecule has 2 aromatic rings. The molecular weight excluding hydrogens is 266 g/mol. The third-order valence-corrected chi connectivity index (χ3v) is 3.15. The van der Waals surface area contributed by atoms with E-state index in [1.807, 2.05) is 13.1 Å². The first-order valence-electron chi connectivity index (χ1n) is 5.88. The molecule has 0 aliphatic carbocycles. The van der Waals surface area contributed by atoms with Gasteiger partial charge in [-0.15, -0.1) is 5.12 Å². The van der Waals surface area contributed by atoms with Crippen molar-refractivity contribution in [3.05, 3.63) is 57.0 Å². The Morgan fingerprint density at radius 2 is 2.32 bits per heavy atom. The topological polar surface area (TPSA) is 59.2 Å². The van der Waals surface area contributed by atoms with E-state index >= 15 is 0 Å². The van der Waals surface area contributed by atoms with Crippen molar-refractivity contribution in [2.24, 2.45) is 0 Å². The van der Waals surface area contributed by atoms with Crippen molar-refractivity contribution in [3.8, 4) is 0 Å². The molecule has 1 aliphatic heterocycles. The van der Waals surface area contributed by atoms with Gasteiger partial charge < -0.3 is 5.21 Å². The van der Waals surface area contributed by atoms with E-state index in [1.54, 1.807) is 35.4 Å². The molecule has 6 nitrogen and oxygen atoms in total. The highest BCUT2D eigenvalue weighted by atomic mass is 35.5. The Hall–Kier alpha value is -2.21. The third kappa shape index (κ3) is 2.10. The number of hydrogen-bond donors (Lipinski definition) is 1. The van der Waals surface area contributed by atoms with Gasteiger partial charge in [0.1, 0.15) is 0 Å². The molecule has 1 aliphatic rings. The fraction of sp³-hybridized carbons (Fsp3) is 0.167. The summed E-state index contributed by atoms with van der Waals surface area (Å²) in [5.41, 5.74) is 3.74. The highest BCUT2D eigenvalue weighted by Crippen LogP contribution is 2.01. The van der Waals surface area contributed by atoms with Crippen LogP contribution in [0.4, 0.5) is 0 Å². The van der Waals surface area contributed by atoms with E-state index in [1.165, 1.54) is 5.12 Å². The van der Waals surface area contributed by atoms with Gasteiger partial charge in [-0.3, -0.25) is 0 Å². The number of halogens is 1. The van der Waals surface area contributed by atoms with Crippen molar-refractivity contribution >= 4 is 17.8 Å². The maximum absolute atomic E-state index is 11.9. The van der Waals surface area contributed by atoms with Crippen LogP contribution in [0.25, 0.3) is 6.20 Å². The highest BCUT2D eigenvalue weighted by Gasteiger charge is 2.14. The van der Waals surface area contributed by atoms with Gasteiger partial charge in [0.15, 0.2) is 0 Å². The molecule has 0 saturated carbocycles. The van der Waals surface area contributed by atoms with Crippen LogP contribution in [0.15, 0.2) is 30.6 Å². The van der Waals surface area contributed by atoms with Gasteiger partial charge in [0.25, 0.3) is 5.36 Å². The van der Waals surface area contributed by atoms with Crippen molar-refractivity contribution in [1.29, 1.82) is 0 Å². The molecule has 7 heteroatoms. The minimum absolute atomic E-state index is 0.478. The van der Waals surface area contributed by atoms with Crippen molar-refractivity contribution < 1.29 is 0 Å². The van der Waals surface area contributed by atoms with Gasteiger partial charge in [0.2, 0.25) is 0 Å². The molecule has 1 aromatic heterocycles. The number of aryl methyl sites for hydroxylation is 1. The zero-order valence-electron chi connectivity index (χ0n) is 10.2. The number of aromatic nitrogens is 2. The molecule has 19 heavy (non-hydrogen) atoms. The predicted molar refractivity (Wildman–Crippen MR) is 72.7 cm³/mol. The second-order valence-corrected chi connectivity index (χ2v) is 4.63. The van der Waals surface area contributed by atoms with Crippen LogP contribution >= 0.6 is 11.6 Å². The lowest BCUT2D eigenvalue weighted by Crippen LogP contribution is -2.59. The minimum atomic E-state index is 0.478. The lowest BCUT2D eigenvalue weighted by Gasteiger charge is -2.21. The van der Waals surface area contributed by atoms with Gasteiger partial charge in [0.05, 0.1) is 23.8 Å². The van der Waals surface area contributed by atoms with Crippen LogP contribution in [0.5, 0.6) is 0 Å². The monoisotopic (exact) mass is 277 g/mol. The summed E-state index contributed by atoms with van der Waals surface area (Å²) in [4.78, 5) is 2.23. The Bertz CT molecular complexity index is 739. The summed E-state index contributed by atoms with van der Waals surface area (Å²) in [6.45, 7) is 2.05. The average molecular weight is 278 g/mol. The first-order valence-corrected chi connectivity index (χ1v) is 6.26. The summed E-state index contributed by atoms with van der Waals surface area (Å²) >= 11 is 5.88. The third-order valence-electron chi connectivity index (χ3n) is 2.92. The molecule has 0 spiro atoms. The smallest absolute Gasteiger partial charge is 0.254 e. The van der Waals surface area contributed by atoms with Gasteiger partial charge in [-0.25, -0.2) is 0 Å². The fourth-order valence-electron chi connectivity index (χ4n) is 1.86. The normalized spacial score (nSPS) is 13.8. The summed E-state index contributed by atoms with van der Waals surface area (Å²) < 4.78 is 0. The lowest BCUT2D eigenvalue weighted by atomic mass is 10.3. The van der Waals surface area contributed by atoms with E-state index in [0.717, 1.165) is 17.2 Å². The van der Waals surface area contributed by atoms with Crippen LogP contribution in [0.2, 0.25) is 5.02 Å². The van der Waals surface area contributed by atoms with Crippen LogP contribution in [0.3, 0.4) is 0 Å². The number of rotatable bonds is 2. The Morgan fingerprint density at radius 1 is 1.47 bits per heavy atom. The summed E-state index contributed by atoms with van der Waals surface area (Å²) in [5, 5.41) is 19.4. The quantitative estimate of drug-likeness (QED) is 0.615. The fourth-order valence-corrected chi connectivity index (χ4v) is 2.03. The molecule has 0 amide bonds. The first kappa shape index (κ1) is 11.9. The zero-order chi connectivity index (χ0) is 13.4. The van der Waals surface area contributed by atoms with Crippen LogP contribution in [-0.4, -0.2) is 9.89 Å². The number of benzene rings is 1. The SMILES string of the molecule is CCc1cnn(N2C=c3ccc(Cl)cc3=[N+]([O-])N2)c1. The van der Waals surface area contributed by atoms with E-state index in [9.17, 15) is 5.21 Å². The molecule has 0 radical (unpaired) electrons. The highest BCUT2D eigenvalue weighted by molar-refractivity contribution is 6.30. The second kappa shape index (κ2) is 4.47. The van der Waals surface area contributed by atoms with Crippen molar-refractivity contribution in [2.45, 2.75) is 13.3 Å². The molecule has 2 heterocycles.